The van der Waals surface area contributed by atoms with Gasteiger partial charge in [0.1, 0.15) is 11.6 Å². The smallest absolute Gasteiger partial charge is 0.336 e. The quantitative estimate of drug-likeness (QED) is 0.802. The molecule has 27 heavy (non-hydrogen) atoms. The molecule has 1 aromatic heterocycles. The van der Waals surface area contributed by atoms with Crippen molar-refractivity contribution in [1.82, 2.24) is 24.1 Å². The Morgan fingerprint density at radius 3 is 2.44 bits per heavy atom. The largest absolute Gasteiger partial charge is 0.345 e. The molecule has 3 heterocycles. The van der Waals surface area contributed by atoms with Gasteiger partial charge in [0.15, 0.2) is 0 Å². The standard InChI is InChI=1S/C19H24FN5O2/c20-16-6-4-15(5-7-16)18(26)23-12-9-22(10-13-23)11-14-25-19(27)24-8-2-1-3-17(24)21-25/h4-7H,1-3,8-14H2. The van der Waals surface area contributed by atoms with Crippen molar-refractivity contribution in [3.05, 3.63) is 52.0 Å². The van der Waals surface area contributed by atoms with Crippen LogP contribution in [0.4, 0.5) is 4.39 Å². The fourth-order valence-electron chi connectivity index (χ4n) is 3.78. The molecule has 1 aromatic carbocycles. The summed E-state index contributed by atoms with van der Waals surface area (Å²) in [5.74, 6) is 0.501. The third kappa shape index (κ3) is 3.80. The number of halogens is 1. The van der Waals surface area contributed by atoms with Gasteiger partial charge < -0.3 is 4.90 Å². The fourth-order valence-corrected chi connectivity index (χ4v) is 3.78. The van der Waals surface area contributed by atoms with Crippen molar-refractivity contribution < 1.29 is 9.18 Å². The summed E-state index contributed by atoms with van der Waals surface area (Å²) < 4.78 is 16.4. The van der Waals surface area contributed by atoms with Crippen molar-refractivity contribution in [3.63, 3.8) is 0 Å². The lowest BCUT2D eigenvalue weighted by Gasteiger charge is -2.34. The van der Waals surface area contributed by atoms with Gasteiger partial charge in [0, 0.05) is 51.3 Å². The van der Waals surface area contributed by atoms with E-state index in [1.54, 1.807) is 14.1 Å². The molecule has 0 atom stereocenters. The van der Waals surface area contributed by atoms with Crippen molar-refractivity contribution >= 4 is 5.91 Å². The number of amides is 1. The summed E-state index contributed by atoms with van der Waals surface area (Å²) >= 11 is 0. The molecule has 0 bridgehead atoms. The Labute approximate surface area is 157 Å². The Morgan fingerprint density at radius 2 is 1.74 bits per heavy atom. The van der Waals surface area contributed by atoms with Crippen LogP contribution in [-0.2, 0) is 19.5 Å². The zero-order chi connectivity index (χ0) is 18.8. The third-order valence-electron chi connectivity index (χ3n) is 5.41. The summed E-state index contributed by atoms with van der Waals surface area (Å²) in [6.07, 6.45) is 3.02. The first-order valence-corrected chi connectivity index (χ1v) is 9.55. The average molecular weight is 373 g/mol. The van der Waals surface area contributed by atoms with Crippen molar-refractivity contribution in [2.45, 2.75) is 32.4 Å². The van der Waals surface area contributed by atoms with Crippen molar-refractivity contribution in [3.8, 4) is 0 Å². The van der Waals surface area contributed by atoms with E-state index in [4.69, 9.17) is 0 Å². The number of hydrogen-bond acceptors (Lipinski definition) is 4. The molecule has 144 valence electrons. The van der Waals surface area contributed by atoms with Gasteiger partial charge in [0.25, 0.3) is 5.91 Å². The molecule has 1 amide bonds. The van der Waals surface area contributed by atoms with Gasteiger partial charge in [0.2, 0.25) is 0 Å². The lowest BCUT2D eigenvalue weighted by molar-refractivity contribution is 0.0631. The summed E-state index contributed by atoms with van der Waals surface area (Å²) in [7, 11) is 0. The minimum absolute atomic E-state index is 0.00479. The van der Waals surface area contributed by atoms with Crippen LogP contribution in [0, 0.1) is 5.82 Å². The molecule has 0 spiro atoms. The molecular weight excluding hydrogens is 349 g/mol. The van der Waals surface area contributed by atoms with Crippen LogP contribution >= 0.6 is 0 Å². The van der Waals surface area contributed by atoms with Crippen LogP contribution in [0.15, 0.2) is 29.1 Å². The zero-order valence-corrected chi connectivity index (χ0v) is 15.3. The molecule has 4 rings (SSSR count). The Hall–Kier alpha value is -2.48. The molecule has 2 aromatic rings. The molecule has 0 aliphatic carbocycles. The number of carbonyl (C=O) groups excluding carboxylic acids is 1. The van der Waals surface area contributed by atoms with Crippen LogP contribution in [0.5, 0.6) is 0 Å². The van der Waals surface area contributed by atoms with Gasteiger partial charge in [-0.1, -0.05) is 0 Å². The summed E-state index contributed by atoms with van der Waals surface area (Å²) in [6, 6.07) is 5.67. The number of hydrogen-bond donors (Lipinski definition) is 0. The zero-order valence-electron chi connectivity index (χ0n) is 15.3. The van der Waals surface area contributed by atoms with Gasteiger partial charge in [-0.2, -0.15) is 5.10 Å². The highest BCUT2D eigenvalue weighted by molar-refractivity contribution is 5.94. The molecule has 0 unspecified atom stereocenters. The minimum atomic E-state index is -0.340. The number of fused-ring (bicyclic) bond motifs is 1. The van der Waals surface area contributed by atoms with Gasteiger partial charge in [0.05, 0.1) is 6.54 Å². The molecular formula is C19H24FN5O2. The number of aromatic nitrogens is 3. The predicted octanol–water partition coefficient (Wildman–Crippen LogP) is 0.978. The Bertz CT molecular complexity index is 865. The van der Waals surface area contributed by atoms with Crippen molar-refractivity contribution in [2.75, 3.05) is 32.7 Å². The predicted molar refractivity (Wildman–Crippen MR) is 98.2 cm³/mol. The van der Waals surface area contributed by atoms with E-state index in [0.717, 1.165) is 51.3 Å². The highest BCUT2D eigenvalue weighted by Gasteiger charge is 2.23. The molecule has 2 aliphatic heterocycles. The van der Waals surface area contributed by atoms with E-state index in [9.17, 15) is 14.0 Å². The topological polar surface area (TPSA) is 63.4 Å². The van der Waals surface area contributed by atoms with Crippen LogP contribution in [-0.4, -0.2) is 62.8 Å². The molecule has 1 fully saturated rings. The molecule has 8 heteroatoms. The molecule has 0 N–H and O–H groups in total. The molecule has 0 radical (unpaired) electrons. The number of carbonyl (C=O) groups is 1. The first kappa shape index (κ1) is 17.9. The van der Waals surface area contributed by atoms with E-state index >= 15 is 0 Å². The minimum Gasteiger partial charge on any atom is -0.336 e. The summed E-state index contributed by atoms with van der Waals surface area (Å²) in [6.45, 7) is 4.87. The number of rotatable bonds is 4. The maximum Gasteiger partial charge on any atom is 0.345 e. The molecule has 7 nitrogen and oxygen atoms in total. The second kappa shape index (κ2) is 7.64. The van der Waals surface area contributed by atoms with Crippen LogP contribution in [0.25, 0.3) is 0 Å². The fraction of sp³-hybridized carbons (Fsp3) is 0.526. The summed E-state index contributed by atoms with van der Waals surface area (Å²) in [5.41, 5.74) is 0.509. The highest BCUT2D eigenvalue weighted by atomic mass is 19.1. The summed E-state index contributed by atoms with van der Waals surface area (Å²) in [4.78, 5) is 28.9. The molecule has 1 saturated heterocycles. The third-order valence-corrected chi connectivity index (χ3v) is 5.41. The highest BCUT2D eigenvalue weighted by Crippen LogP contribution is 2.11. The van der Waals surface area contributed by atoms with Gasteiger partial charge >= 0.3 is 5.69 Å². The lowest BCUT2D eigenvalue weighted by Crippen LogP contribution is -2.49. The van der Waals surface area contributed by atoms with E-state index in [0.29, 0.717) is 25.2 Å². The summed E-state index contributed by atoms with van der Waals surface area (Å²) in [5, 5.41) is 4.47. The number of nitrogens with zero attached hydrogens (tertiary/aromatic N) is 5. The van der Waals surface area contributed by atoms with Crippen LogP contribution in [0.1, 0.15) is 29.0 Å². The van der Waals surface area contributed by atoms with E-state index in [2.05, 4.69) is 10.00 Å². The van der Waals surface area contributed by atoms with E-state index in [1.165, 1.54) is 24.3 Å². The van der Waals surface area contributed by atoms with Crippen molar-refractivity contribution in [2.24, 2.45) is 0 Å². The molecule has 2 aliphatic rings. The maximum absolute atomic E-state index is 13.0. The number of aryl methyl sites for hydroxylation is 1. The van der Waals surface area contributed by atoms with Gasteiger partial charge in [-0.15, -0.1) is 0 Å². The lowest BCUT2D eigenvalue weighted by atomic mass is 10.2. The van der Waals surface area contributed by atoms with Crippen LogP contribution < -0.4 is 5.69 Å². The second-order valence-electron chi connectivity index (χ2n) is 7.17. The van der Waals surface area contributed by atoms with Crippen LogP contribution in [0.3, 0.4) is 0 Å². The van der Waals surface area contributed by atoms with Crippen LogP contribution in [0.2, 0.25) is 0 Å². The Morgan fingerprint density at radius 1 is 1.00 bits per heavy atom. The second-order valence-corrected chi connectivity index (χ2v) is 7.17. The average Bonchev–Trinajstić information content (AvgIpc) is 3.03. The maximum atomic E-state index is 13.0. The van der Waals surface area contributed by atoms with Gasteiger partial charge in [-0.05, 0) is 37.1 Å². The number of benzene rings is 1. The van der Waals surface area contributed by atoms with Gasteiger partial charge in [-0.3, -0.25) is 14.3 Å². The Balaban J connectivity index is 1.30. The van der Waals surface area contributed by atoms with Gasteiger partial charge in [-0.25, -0.2) is 13.9 Å². The monoisotopic (exact) mass is 373 g/mol. The van der Waals surface area contributed by atoms with E-state index in [-0.39, 0.29) is 17.4 Å². The first-order chi connectivity index (χ1) is 13.1. The first-order valence-electron chi connectivity index (χ1n) is 9.55. The van der Waals surface area contributed by atoms with E-state index < -0.39 is 0 Å². The SMILES string of the molecule is O=C(c1ccc(F)cc1)N1CCN(CCn2nc3n(c2=O)CCCC3)CC1. The van der Waals surface area contributed by atoms with Crippen molar-refractivity contribution in [1.29, 1.82) is 0 Å². The Kier molecular flexibility index (Phi) is 5.07. The normalized spacial score (nSPS) is 17.7. The molecule has 0 saturated carbocycles. The van der Waals surface area contributed by atoms with E-state index in [1.807, 2.05) is 0 Å². The number of piperazine rings is 1.